The number of hydrogen-bond acceptors (Lipinski definition) is 3. The van der Waals surface area contributed by atoms with Crippen LogP contribution in [0.1, 0.15) is 16.8 Å². The topological polar surface area (TPSA) is 53.4 Å². The van der Waals surface area contributed by atoms with Crippen LogP contribution < -0.4 is 0 Å². The number of likely N-dealkylation sites (tertiary alicyclic amines) is 1. The molecule has 1 saturated heterocycles. The second-order valence-corrected chi connectivity index (χ2v) is 5.45. The summed E-state index contributed by atoms with van der Waals surface area (Å²) in [5.74, 6) is 0.0681. The number of pyridine rings is 1. The summed E-state index contributed by atoms with van der Waals surface area (Å²) in [6, 6.07) is 8.00. The summed E-state index contributed by atoms with van der Waals surface area (Å²) < 4.78 is 0. The Bertz CT molecular complexity index is 675. The maximum absolute atomic E-state index is 12.2. The molecule has 4 nitrogen and oxygen atoms in total. The number of amides is 1. The van der Waals surface area contributed by atoms with E-state index in [0.29, 0.717) is 19.5 Å². The van der Waals surface area contributed by atoms with Crippen LogP contribution in [0.4, 0.5) is 0 Å². The van der Waals surface area contributed by atoms with E-state index in [1.54, 1.807) is 4.90 Å². The van der Waals surface area contributed by atoms with Gasteiger partial charge < -0.3 is 10.0 Å². The number of aromatic nitrogens is 1. The molecule has 1 N–H and O–H groups in total. The fourth-order valence-electron chi connectivity index (χ4n) is 2.75. The van der Waals surface area contributed by atoms with Crippen molar-refractivity contribution >= 4 is 16.8 Å². The zero-order chi connectivity index (χ0) is 14.3. The molecule has 1 aliphatic rings. The number of nitrogens with zero attached hydrogens (tertiary/aromatic N) is 2. The van der Waals surface area contributed by atoms with Crippen molar-refractivity contribution in [2.45, 2.75) is 26.4 Å². The minimum absolute atomic E-state index is 0.0681. The lowest BCUT2D eigenvalue weighted by molar-refractivity contribution is -0.140. The zero-order valence-electron chi connectivity index (χ0n) is 11.8. The van der Waals surface area contributed by atoms with Gasteiger partial charge in [-0.1, -0.05) is 18.2 Å². The van der Waals surface area contributed by atoms with Crippen molar-refractivity contribution in [1.82, 2.24) is 9.88 Å². The van der Waals surface area contributed by atoms with Gasteiger partial charge in [-0.3, -0.25) is 9.78 Å². The van der Waals surface area contributed by atoms with Crippen LogP contribution in [0.2, 0.25) is 0 Å². The quantitative estimate of drug-likeness (QED) is 0.901. The summed E-state index contributed by atoms with van der Waals surface area (Å²) in [6.07, 6.45) is 0.0123. The van der Waals surface area contributed by atoms with E-state index >= 15 is 0 Å². The van der Waals surface area contributed by atoms with E-state index in [9.17, 15) is 9.90 Å². The van der Waals surface area contributed by atoms with Crippen molar-refractivity contribution in [3.05, 3.63) is 41.1 Å². The molecule has 2 aromatic rings. The van der Waals surface area contributed by atoms with Crippen LogP contribution in [0, 0.1) is 13.8 Å². The fraction of sp³-hybridized carbons (Fsp3) is 0.375. The number of rotatable bonds is 2. The van der Waals surface area contributed by atoms with E-state index < -0.39 is 0 Å². The highest BCUT2D eigenvalue weighted by Crippen LogP contribution is 2.23. The number of aliphatic hydroxyl groups is 1. The molecule has 1 amide bonds. The van der Waals surface area contributed by atoms with Crippen molar-refractivity contribution in [2.24, 2.45) is 0 Å². The van der Waals surface area contributed by atoms with Crippen LogP contribution in [-0.4, -0.2) is 40.1 Å². The van der Waals surface area contributed by atoms with Crippen LogP contribution in [-0.2, 0) is 11.2 Å². The highest BCUT2D eigenvalue weighted by atomic mass is 16.3. The lowest BCUT2D eigenvalue weighted by Crippen LogP contribution is -2.54. The van der Waals surface area contributed by atoms with E-state index in [4.69, 9.17) is 0 Å². The predicted octanol–water partition coefficient (Wildman–Crippen LogP) is 1.60. The first-order valence-corrected chi connectivity index (χ1v) is 6.87. The van der Waals surface area contributed by atoms with Crippen LogP contribution in [0.3, 0.4) is 0 Å². The van der Waals surface area contributed by atoms with Gasteiger partial charge in [0.1, 0.15) is 0 Å². The maximum Gasteiger partial charge on any atom is 0.227 e. The van der Waals surface area contributed by atoms with E-state index in [0.717, 1.165) is 27.7 Å². The Labute approximate surface area is 118 Å². The summed E-state index contributed by atoms with van der Waals surface area (Å²) >= 11 is 0. The number of β-amino-alcohol motifs (C(OH)–C–C–N with tert-alkyl or cyclic N) is 1. The Balaban J connectivity index is 1.93. The molecule has 4 heteroatoms. The van der Waals surface area contributed by atoms with Gasteiger partial charge in [-0.25, -0.2) is 0 Å². The summed E-state index contributed by atoms with van der Waals surface area (Å²) in [7, 11) is 0. The standard InChI is InChI=1S/C16H18N2O2/c1-10-13-5-3-4-6-15(13)17-11(2)14(10)7-16(20)18-8-12(19)9-18/h3-6,12,19H,7-9H2,1-2H3. The molecule has 1 aromatic heterocycles. The predicted molar refractivity (Wildman–Crippen MR) is 77.5 cm³/mol. The summed E-state index contributed by atoms with van der Waals surface area (Å²) in [4.78, 5) is 18.4. The maximum atomic E-state index is 12.2. The third-order valence-electron chi connectivity index (χ3n) is 4.03. The van der Waals surface area contributed by atoms with E-state index in [-0.39, 0.29) is 12.0 Å². The van der Waals surface area contributed by atoms with Crippen LogP contribution in [0.25, 0.3) is 10.9 Å². The minimum Gasteiger partial charge on any atom is -0.389 e. The smallest absolute Gasteiger partial charge is 0.227 e. The Morgan fingerprint density at radius 1 is 1.35 bits per heavy atom. The first-order valence-electron chi connectivity index (χ1n) is 6.87. The molecule has 0 aliphatic carbocycles. The summed E-state index contributed by atoms with van der Waals surface area (Å²) in [5, 5.41) is 10.4. The SMILES string of the molecule is Cc1nc2ccccc2c(C)c1CC(=O)N1CC(O)C1. The fourth-order valence-corrected chi connectivity index (χ4v) is 2.75. The van der Waals surface area contributed by atoms with Gasteiger partial charge in [0.15, 0.2) is 0 Å². The van der Waals surface area contributed by atoms with Crippen molar-refractivity contribution in [3.63, 3.8) is 0 Å². The largest absolute Gasteiger partial charge is 0.389 e. The van der Waals surface area contributed by atoms with E-state index in [1.807, 2.05) is 38.1 Å². The van der Waals surface area contributed by atoms with Gasteiger partial charge >= 0.3 is 0 Å². The van der Waals surface area contributed by atoms with Gasteiger partial charge in [-0.15, -0.1) is 0 Å². The van der Waals surface area contributed by atoms with Crippen molar-refractivity contribution in [3.8, 4) is 0 Å². The minimum atomic E-state index is -0.351. The molecule has 1 aliphatic heterocycles. The molecule has 1 aromatic carbocycles. The summed E-state index contributed by atoms with van der Waals surface area (Å²) in [5.41, 5.74) is 4.02. The molecule has 0 unspecified atom stereocenters. The van der Waals surface area contributed by atoms with Gasteiger partial charge in [0.05, 0.1) is 18.0 Å². The number of fused-ring (bicyclic) bond motifs is 1. The average Bonchev–Trinajstić information content (AvgIpc) is 2.39. The summed E-state index contributed by atoms with van der Waals surface area (Å²) in [6.45, 7) is 4.91. The van der Waals surface area contributed by atoms with Crippen LogP contribution >= 0.6 is 0 Å². The normalized spacial score (nSPS) is 15.4. The molecule has 20 heavy (non-hydrogen) atoms. The van der Waals surface area contributed by atoms with Gasteiger partial charge in [-0.2, -0.15) is 0 Å². The average molecular weight is 270 g/mol. The highest BCUT2D eigenvalue weighted by molar-refractivity contribution is 5.86. The zero-order valence-corrected chi connectivity index (χ0v) is 11.8. The second kappa shape index (κ2) is 4.87. The van der Waals surface area contributed by atoms with Gasteiger partial charge in [0.25, 0.3) is 0 Å². The first-order chi connectivity index (χ1) is 9.56. The molecule has 1 fully saturated rings. The number of aryl methyl sites for hydroxylation is 2. The molecule has 0 radical (unpaired) electrons. The molecule has 2 heterocycles. The molecular weight excluding hydrogens is 252 g/mol. The third-order valence-corrected chi connectivity index (χ3v) is 4.03. The monoisotopic (exact) mass is 270 g/mol. The Morgan fingerprint density at radius 2 is 2.05 bits per heavy atom. The lowest BCUT2D eigenvalue weighted by atomic mass is 9.98. The molecular formula is C16H18N2O2. The van der Waals surface area contributed by atoms with Crippen molar-refractivity contribution in [2.75, 3.05) is 13.1 Å². The van der Waals surface area contributed by atoms with Crippen molar-refractivity contribution < 1.29 is 9.90 Å². The molecule has 0 saturated carbocycles. The first kappa shape index (κ1) is 13.1. The molecule has 0 spiro atoms. The van der Waals surface area contributed by atoms with E-state index in [2.05, 4.69) is 4.98 Å². The highest BCUT2D eigenvalue weighted by Gasteiger charge is 2.29. The number of benzene rings is 1. The Kier molecular flexibility index (Phi) is 3.18. The van der Waals surface area contributed by atoms with Crippen LogP contribution in [0.5, 0.6) is 0 Å². The lowest BCUT2D eigenvalue weighted by Gasteiger charge is -2.36. The number of carbonyl (C=O) groups is 1. The molecule has 104 valence electrons. The number of hydrogen-bond donors (Lipinski definition) is 1. The number of aliphatic hydroxyl groups excluding tert-OH is 1. The van der Waals surface area contributed by atoms with Gasteiger partial charge in [-0.05, 0) is 31.0 Å². The van der Waals surface area contributed by atoms with Gasteiger partial charge in [0, 0.05) is 24.2 Å². The van der Waals surface area contributed by atoms with Crippen LogP contribution in [0.15, 0.2) is 24.3 Å². The second-order valence-electron chi connectivity index (χ2n) is 5.45. The van der Waals surface area contributed by atoms with Gasteiger partial charge in [0.2, 0.25) is 5.91 Å². The Morgan fingerprint density at radius 3 is 2.75 bits per heavy atom. The molecule has 3 rings (SSSR count). The third kappa shape index (κ3) is 2.16. The Hall–Kier alpha value is -1.94. The molecule has 0 atom stereocenters. The van der Waals surface area contributed by atoms with Crippen molar-refractivity contribution in [1.29, 1.82) is 0 Å². The van der Waals surface area contributed by atoms with E-state index in [1.165, 1.54) is 0 Å². The number of carbonyl (C=O) groups excluding carboxylic acids is 1. The number of para-hydroxylation sites is 1. The molecule has 0 bridgehead atoms.